The van der Waals surface area contributed by atoms with E-state index in [2.05, 4.69) is 15.0 Å². The van der Waals surface area contributed by atoms with E-state index in [4.69, 9.17) is 15.2 Å². The topological polar surface area (TPSA) is 103 Å². The van der Waals surface area contributed by atoms with Crippen LogP contribution in [0.5, 0.6) is 5.75 Å². The number of anilines is 1. The van der Waals surface area contributed by atoms with Gasteiger partial charge in [-0.1, -0.05) is 6.07 Å². The maximum absolute atomic E-state index is 15.6. The fraction of sp³-hybridized carbons (Fsp3) is 0.286. The van der Waals surface area contributed by atoms with Gasteiger partial charge in [-0.15, -0.1) is 0 Å². The molecule has 3 atom stereocenters. The molecule has 40 heavy (non-hydrogen) atoms. The van der Waals surface area contributed by atoms with Crippen LogP contribution >= 0.6 is 0 Å². The number of carbonyl (C=O) groups is 1. The smallest absolute Gasteiger partial charge is 0.416 e. The number of hydrogen-bond acceptors (Lipinski definition) is 7. The van der Waals surface area contributed by atoms with E-state index in [0.717, 1.165) is 23.8 Å². The molecule has 0 fully saturated rings. The molecule has 4 heterocycles. The monoisotopic (exact) mass is 553 g/mol. The number of nitrogen functional groups attached to an aromatic ring is 1. The molecule has 1 amide bonds. The van der Waals surface area contributed by atoms with Gasteiger partial charge in [-0.25, -0.2) is 19.3 Å². The molecule has 8 nitrogen and oxygen atoms in total. The third kappa shape index (κ3) is 4.19. The van der Waals surface area contributed by atoms with Crippen LogP contribution in [-0.2, 0) is 17.5 Å². The third-order valence-corrected chi connectivity index (χ3v) is 7.41. The highest BCUT2D eigenvalue weighted by Crippen LogP contribution is 2.44. The molecular weight excluding hydrogens is 530 g/mol. The summed E-state index contributed by atoms with van der Waals surface area (Å²) in [4.78, 5) is 28.4. The minimum absolute atomic E-state index is 0.00131. The number of hydrogen-bond donors (Lipinski definition) is 1. The predicted octanol–water partition coefficient (Wildman–Crippen LogP) is 5.69. The fourth-order valence-corrected chi connectivity index (χ4v) is 5.43. The molecule has 2 aliphatic rings. The highest BCUT2D eigenvalue weighted by atomic mass is 19.4. The summed E-state index contributed by atoms with van der Waals surface area (Å²) in [7, 11) is 0. The maximum atomic E-state index is 15.6. The summed E-state index contributed by atoms with van der Waals surface area (Å²) in [6.45, 7) is 3.59. The number of rotatable bonds is 4. The van der Waals surface area contributed by atoms with E-state index in [1.807, 2.05) is 6.92 Å². The van der Waals surface area contributed by atoms with Crippen molar-refractivity contribution < 1.29 is 31.8 Å². The standard InChI is InChI=1S/C28H23F4N5O3/c1-13(26-34-6-3-7-35-26)37(22-12-40-23-8-15(28(30,31)32)4-5-16(22)23)27(38)18-9-17-19-11-39-14(2)24(19)25(33)36-21(17)10-20(18)29/h3-10,13-14,22H,11-12H2,1-2H3,(H2,33,36)/t13-,14-,22?/m1/s1. The Balaban J connectivity index is 1.48. The molecule has 1 unspecified atom stereocenters. The summed E-state index contributed by atoms with van der Waals surface area (Å²) in [5, 5.41) is 0.528. The molecule has 0 spiro atoms. The highest BCUT2D eigenvalue weighted by Gasteiger charge is 2.40. The number of amides is 1. The first-order chi connectivity index (χ1) is 19.0. The number of fused-ring (bicyclic) bond motifs is 4. The number of carbonyl (C=O) groups excluding carboxylic acids is 1. The molecule has 2 aliphatic heterocycles. The average molecular weight is 554 g/mol. The van der Waals surface area contributed by atoms with Gasteiger partial charge in [0.2, 0.25) is 0 Å². The molecule has 2 aromatic heterocycles. The second-order valence-corrected chi connectivity index (χ2v) is 9.76. The highest BCUT2D eigenvalue weighted by molar-refractivity contribution is 6.00. The minimum Gasteiger partial charge on any atom is -0.491 e. The van der Waals surface area contributed by atoms with Crippen LogP contribution in [0.1, 0.15) is 70.5 Å². The Morgan fingerprint density at radius 2 is 1.93 bits per heavy atom. The fourth-order valence-electron chi connectivity index (χ4n) is 5.43. The van der Waals surface area contributed by atoms with Gasteiger partial charge in [-0.3, -0.25) is 4.79 Å². The van der Waals surface area contributed by atoms with Gasteiger partial charge in [0.15, 0.2) is 0 Å². The number of halogens is 4. The Morgan fingerprint density at radius 1 is 1.18 bits per heavy atom. The zero-order valence-electron chi connectivity index (χ0n) is 21.4. The Bertz CT molecular complexity index is 1650. The van der Waals surface area contributed by atoms with Crippen molar-refractivity contribution in [2.75, 3.05) is 12.3 Å². The van der Waals surface area contributed by atoms with Crippen LogP contribution in [0.4, 0.5) is 23.4 Å². The van der Waals surface area contributed by atoms with Crippen LogP contribution in [0.3, 0.4) is 0 Å². The molecule has 4 aromatic rings. The van der Waals surface area contributed by atoms with E-state index < -0.39 is 35.5 Å². The van der Waals surface area contributed by atoms with Gasteiger partial charge in [0.05, 0.1) is 41.4 Å². The van der Waals surface area contributed by atoms with E-state index in [1.54, 1.807) is 13.0 Å². The molecule has 2 N–H and O–H groups in total. The van der Waals surface area contributed by atoms with E-state index >= 15 is 4.39 Å². The first-order valence-electron chi connectivity index (χ1n) is 12.5. The number of alkyl halides is 3. The van der Waals surface area contributed by atoms with Gasteiger partial charge >= 0.3 is 6.18 Å². The van der Waals surface area contributed by atoms with Gasteiger partial charge in [-0.05, 0) is 43.7 Å². The number of aromatic nitrogens is 3. The lowest BCUT2D eigenvalue weighted by atomic mass is 9.98. The lowest BCUT2D eigenvalue weighted by Gasteiger charge is -2.33. The van der Waals surface area contributed by atoms with Gasteiger partial charge < -0.3 is 20.1 Å². The third-order valence-electron chi connectivity index (χ3n) is 7.41. The zero-order chi connectivity index (χ0) is 28.3. The summed E-state index contributed by atoms with van der Waals surface area (Å²) >= 11 is 0. The molecule has 0 saturated heterocycles. The Kier molecular flexibility index (Phi) is 6.10. The van der Waals surface area contributed by atoms with Gasteiger partial charge in [0.25, 0.3) is 5.91 Å². The molecule has 0 aliphatic carbocycles. The first kappa shape index (κ1) is 25.9. The summed E-state index contributed by atoms with van der Waals surface area (Å²) in [6.07, 6.45) is -1.86. The van der Waals surface area contributed by atoms with E-state index in [-0.39, 0.29) is 47.8 Å². The van der Waals surface area contributed by atoms with Gasteiger partial charge in [0, 0.05) is 35.0 Å². The molecule has 0 bridgehead atoms. The van der Waals surface area contributed by atoms with Gasteiger partial charge in [-0.2, -0.15) is 13.2 Å². The normalized spacial score (nSPS) is 18.8. The zero-order valence-corrected chi connectivity index (χ0v) is 21.4. The number of nitrogens with two attached hydrogens (primary N) is 1. The first-order valence-corrected chi connectivity index (χ1v) is 12.5. The predicted molar refractivity (Wildman–Crippen MR) is 136 cm³/mol. The molecule has 2 aromatic carbocycles. The van der Waals surface area contributed by atoms with Crippen molar-refractivity contribution in [3.63, 3.8) is 0 Å². The van der Waals surface area contributed by atoms with Crippen molar-refractivity contribution in [3.05, 3.63) is 88.3 Å². The van der Waals surface area contributed by atoms with E-state index in [1.165, 1.54) is 29.4 Å². The Labute approximate surface area is 225 Å². The summed E-state index contributed by atoms with van der Waals surface area (Å²) in [5.41, 5.74) is 7.05. The molecule has 0 radical (unpaired) electrons. The van der Waals surface area contributed by atoms with Crippen molar-refractivity contribution in [2.45, 2.75) is 44.8 Å². The molecule has 12 heteroatoms. The van der Waals surface area contributed by atoms with Crippen LogP contribution in [0, 0.1) is 5.82 Å². The molecule has 206 valence electrons. The van der Waals surface area contributed by atoms with Crippen LogP contribution in [0.25, 0.3) is 10.9 Å². The van der Waals surface area contributed by atoms with Crippen molar-refractivity contribution in [1.29, 1.82) is 0 Å². The molecular formula is C28H23F4N5O3. The SMILES string of the molecule is C[C@H](c1ncccn1)N(C(=O)c1cc2c3c(c(N)nc2cc1F)[C@@H](C)OC3)C1COc2cc(C(F)(F)F)ccc21. The quantitative estimate of drug-likeness (QED) is 0.324. The van der Waals surface area contributed by atoms with Crippen molar-refractivity contribution in [2.24, 2.45) is 0 Å². The van der Waals surface area contributed by atoms with Gasteiger partial charge in [0.1, 0.15) is 29.8 Å². The van der Waals surface area contributed by atoms with Crippen molar-refractivity contribution >= 4 is 22.6 Å². The van der Waals surface area contributed by atoms with Crippen LogP contribution < -0.4 is 10.5 Å². The van der Waals surface area contributed by atoms with Crippen molar-refractivity contribution in [1.82, 2.24) is 19.9 Å². The number of pyridine rings is 1. The largest absolute Gasteiger partial charge is 0.491 e. The van der Waals surface area contributed by atoms with Crippen LogP contribution in [-0.4, -0.2) is 32.4 Å². The number of nitrogens with zero attached hydrogens (tertiary/aromatic N) is 4. The number of ether oxygens (including phenoxy) is 2. The number of benzene rings is 2. The van der Waals surface area contributed by atoms with E-state index in [9.17, 15) is 18.0 Å². The molecule has 6 rings (SSSR count). The summed E-state index contributed by atoms with van der Waals surface area (Å²) in [6, 6.07) is 5.68. The van der Waals surface area contributed by atoms with Crippen LogP contribution in [0.15, 0.2) is 48.8 Å². The van der Waals surface area contributed by atoms with Crippen LogP contribution in [0.2, 0.25) is 0 Å². The Morgan fingerprint density at radius 3 is 2.65 bits per heavy atom. The maximum Gasteiger partial charge on any atom is 0.416 e. The second kappa shape index (κ2) is 9.40. The molecule has 0 saturated carbocycles. The lowest BCUT2D eigenvalue weighted by molar-refractivity contribution is -0.137. The summed E-state index contributed by atoms with van der Waals surface area (Å²) < 4.78 is 66.9. The minimum atomic E-state index is -4.57. The Hall–Kier alpha value is -4.32. The average Bonchev–Trinajstić information content (AvgIpc) is 3.52. The summed E-state index contributed by atoms with van der Waals surface area (Å²) in [5.74, 6) is -1.02. The van der Waals surface area contributed by atoms with Crippen molar-refractivity contribution in [3.8, 4) is 5.75 Å². The second-order valence-electron chi connectivity index (χ2n) is 9.76. The lowest BCUT2D eigenvalue weighted by Crippen LogP contribution is -2.39. The van der Waals surface area contributed by atoms with E-state index in [0.29, 0.717) is 16.5 Å².